The monoisotopic (exact) mass is 635 g/mol. The maximum absolute atomic E-state index is 11.9. The first-order valence-electron chi connectivity index (χ1n) is 15.1. The summed E-state index contributed by atoms with van der Waals surface area (Å²) < 4.78 is 30.1. The van der Waals surface area contributed by atoms with Gasteiger partial charge in [-0.3, -0.25) is 9.69 Å². The third kappa shape index (κ3) is 8.05. The summed E-state index contributed by atoms with van der Waals surface area (Å²) in [5.74, 6) is 1.54. The van der Waals surface area contributed by atoms with Crippen LogP contribution in [0.3, 0.4) is 0 Å². The molecule has 3 aromatic carbocycles. The van der Waals surface area contributed by atoms with Crippen molar-refractivity contribution >= 4 is 27.6 Å². The second kappa shape index (κ2) is 14.1. The van der Waals surface area contributed by atoms with E-state index >= 15 is 0 Å². The Bertz CT molecular complexity index is 1880. The number of nitriles is 1. The van der Waals surface area contributed by atoms with Crippen molar-refractivity contribution in [1.29, 1.82) is 5.26 Å². The molecule has 0 atom stereocenters. The smallest absolute Gasteiger partial charge is 0.231 e. The number of likely N-dealkylation sites (tertiary alicyclic amines) is 1. The summed E-state index contributed by atoms with van der Waals surface area (Å²) >= 11 is 0. The maximum atomic E-state index is 11.9. The van der Waals surface area contributed by atoms with Gasteiger partial charge in [-0.05, 0) is 91.8 Å². The number of piperidine rings is 1. The van der Waals surface area contributed by atoms with Crippen LogP contribution in [-0.4, -0.2) is 54.5 Å². The molecule has 0 aliphatic carbocycles. The number of ketones is 1. The Labute approximate surface area is 270 Å². The minimum Gasteiger partial charge on any atom is -0.438 e. The third-order valence-corrected chi connectivity index (χ3v) is 9.19. The van der Waals surface area contributed by atoms with Crippen LogP contribution in [0.2, 0.25) is 0 Å². The van der Waals surface area contributed by atoms with E-state index in [2.05, 4.69) is 15.2 Å². The largest absolute Gasteiger partial charge is 0.438 e. The van der Waals surface area contributed by atoms with Gasteiger partial charge in [-0.1, -0.05) is 36.4 Å². The van der Waals surface area contributed by atoms with Crippen LogP contribution in [0.4, 0.5) is 5.95 Å². The van der Waals surface area contributed by atoms with Crippen molar-refractivity contribution in [1.82, 2.24) is 14.9 Å². The van der Waals surface area contributed by atoms with Crippen molar-refractivity contribution in [3.63, 3.8) is 0 Å². The molecule has 1 aromatic heterocycles. The molecule has 9 nitrogen and oxygen atoms in total. The van der Waals surface area contributed by atoms with Gasteiger partial charge in [0.1, 0.15) is 5.75 Å². The molecule has 1 N–H and O–H groups in total. The third-order valence-electron chi connectivity index (χ3n) is 8.07. The molecule has 1 aliphatic rings. The summed E-state index contributed by atoms with van der Waals surface area (Å²) in [7, 11) is -3.21. The number of nitrogens with one attached hydrogen (secondary N) is 1. The van der Waals surface area contributed by atoms with Crippen molar-refractivity contribution in [2.75, 3.05) is 24.7 Å². The lowest BCUT2D eigenvalue weighted by Gasteiger charge is -2.32. The lowest BCUT2D eigenvalue weighted by atomic mass is 10.0. The number of allylic oxidation sites excluding steroid dienone is 1. The minimum atomic E-state index is -3.21. The fourth-order valence-corrected chi connectivity index (χ4v) is 6.22. The fourth-order valence-electron chi connectivity index (χ4n) is 5.59. The van der Waals surface area contributed by atoms with Crippen molar-refractivity contribution in [2.45, 2.75) is 51.1 Å². The van der Waals surface area contributed by atoms with E-state index < -0.39 is 9.84 Å². The number of Topliss-reactive ketones (excluding diaryl/α,β-unsaturated/α-hetero) is 1. The average Bonchev–Trinajstić information content (AvgIpc) is 3.03. The Kier molecular flexibility index (Phi) is 9.95. The summed E-state index contributed by atoms with van der Waals surface area (Å²) in [6, 6.07) is 20.5. The molecule has 10 heteroatoms. The van der Waals surface area contributed by atoms with Gasteiger partial charge in [-0.15, -0.1) is 0 Å². The quantitative estimate of drug-likeness (QED) is 0.148. The van der Waals surface area contributed by atoms with Gasteiger partial charge in [0.25, 0.3) is 0 Å². The molecule has 236 valence electrons. The molecule has 0 amide bonds. The number of sulfone groups is 1. The predicted octanol–water partition coefficient (Wildman–Crippen LogP) is 6.77. The first-order valence-corrected chi connectivity index (χ1v) is 17.0. The van der Waals surface area contributed by atoms with E-state index in [-0.39, 0.29) is 11.8 Å². The molecule has 1 aliphatic heterocycles. The minimum absolute atomic E-state index is 0.00786. The summed E-state index contributed by atoms with van der Waals surface area (Å²) in [4.78, 5) is 24.0. The van der Waals surface area contributed by atoms with Crippen LogP contribution >= 0.6 is 0 Å². The number of anilines is 1. The number of rotatable bonds is 10. The Morgan fingerprint density at radius 3 is 2.30 bits per heavy atom. The number of carbonyl (C=O) groups is 1. The van der Waals surface area contributed by atoms with E-state index in [1.54, 1.807) is 36.5 Å². The van der Waals surface area contributed by atoms with Crippen LogP contribution in [0.1, 0.15) is 52.4 Å². The van der Waals surface area contributed by atoms with Crippen LogP contribution in [0.25, 0.3) is 17.2 Å². The normalized spacial score (nSPS) is 14.2. The number of carbonyl (C=O) groups excluding carboxylic acids is 1. The van der Waals surface area contributed by atoms with E-state index in [1.807, 2.05) is 56.3 Å². The van der Waals surface area contributed by atoms with Crippen molar-refractivity contribution < 1.29 is 17.9 Å². The van der Waals surface area contributed by atoms with E-state index in [4.69, 9.17) is 15.0 Å². The van der Waals surface area contributed by atoms with Crippen LogP contribution in [0.15, 0.2) is 77.8 Å². The Balaban J connectivity index is 1.33. The van der Waals surface area contributed by atoms with Gasteiger partial charge in [0.05, 0.1) is 16.5 Å². The number of hydrogen-bond donors (Lipinski definition) is 1. The number of aryl methyl sites for hydroxylation is 2. The van der Waals surface area contributed by atoms with Gasteiger partial charge < -0.3 is 10.1 Å². The second-order valence-corrected chi connectivity index (χ2v) is 13.7. The number of ether oxygens (including phenoxy) is 1. The van der Waals surface area contributed by atoms with E-state index in [0.29, 0.717) is 33.6 Å². The molecule has 1 fully saturated rings. The number of hydrogen-bond acceptors (Lipinski definition) is 9. The van der Waals surface area contributed by atoms with Gasteiger partial charge >= 0.3 is 0 Å². The van der Waals surface area contributed by atoms with E-state index in [0.717, 1.165) is 60.3 Å². The molecule has 5 rings (SSSR count). The summed E-state index contributed by atoms with van der Waals surface area (Å²) in [5, 5.41) is 12.4. The standard InChI is InChI=1S/C36H37N5O4S/c1-24-20-28(6-5-17-37)21-25(2)34(24)45-35-33(30-11-9-29(10-12-30)26(3)42)22-38-36(40-35)39-31-15-18-41(19-16-31)23-27-7-13-32(14-8-27)46(4,43)44/h5-14,20-22,31H,15-16,18-19,23H2,1-4H3,(H,38,39,40)/b6-5+. The molecule has 0 bridgehead atoms. The molecular formula is C36H37N5O4S. The first-order chi connectivity index (χ1) is 22.0. The Morgan fingerprint density at radius 1 is 1.07 bits per heavy atom. The Morgan fingerprint density at radius 2 is 1.72 bits per heavy atom. The summed E-state index contributed by atoms with van der Waals surface area (Å²) in [6.07, 6.45) is 7.96. The lowest BCUT2D eigenvalue weighted by molar-refractivity contribution is 0.101. The van der Waals surface area contributed by atoms with Crippen LogP contribution in [-0.2, 0) is 16.4 Å². The second-order valence-electron chi connectivity index (χ2n) is 11.7. The molecule has 4 aromatic rings. The average molecular weight is 636 g/mol. The Hall–Kier alpha value is -4.85. The zero-order valence-corrected chi connectivity index (χ0v) is 27.3. The molecule has 0 radical (unpaired) electrons. The highest BCUT2D eigenvalue weighted by molar-refractivity contribution is 7.90. The van der Waals surface area contributed by atoms with Gasteiger partial charge in [0.2, 0.25) is 11.8 Å². The zero-order chi connectivity index (χ0) is 32.8. The summed E-state index contributed by atoms with van der Waals surface area (Å²) in [5.41, 5.74) is 5.94. The van der Waals surface area contributed by atoms with Crippen molar-refractivity contribution in [2.24, 2.45) is 0 Å². The fraction of sp³-hybridized carbons (Fsp3) is 0.278. The zero-order valence-electron chi connectivity index (χ0n) is 26.4. The van der Waals surface area contributed by atoms with Crippen molar-refractivity contribution in [3.8, 4) is 28.8 Å². The molecule has 1 saturated heterocycles. The highest BCUT2D eigenvalue weighted by Crippen LogP contribution is 2.36. The highest BCUT2D eigenvalue weighted by atomic mass is 32.2. The van der Waals surface area contributed by atoms with Gasteiger partial charge in [0, 0.05) is 49.8 Å². The predicted molar refractivity (Wildman–Crippen MR) is 180 cm³/mol. The van der Waals surface area contributed by atoms with Crippen LogP contribution in [0, 0.1) is 25.2 Å². The number of benzene rings is 3. The molecular weight excluding hydrogens is 598 g/mol. The number of nitrogens with zero attached hydrogens (tertiary/aromatic N) is 4. The molecule has 2 heterocycles. The van der Waals surface area contributed by atoms with Crippen LogP contribution in [0.5, 0.6) is 11.6 Å². The maximum Gasteiger partial charge on any atom is 0.231 e. The van der Waals surface area contributed by atoms with E-state index in [9.17, 15) is 13.2 Å². The number of aromatic nitrogens is 2. The molecule has 46 heavy (non-hydrogen) atoms. The lowest BCUT2D eigenvalue weighted by Crippen LogP contribution is -2.39. The SMILES string of the molecule is CC(=O)c1ccc(-c2cnc(NC3CCN(Cc4ccc(S(C)(=O)=O)cc4)CC3)nc2Oc2c(C)cc(/C=C/C#N)cc2C)cc1. The van der Waals surface area contributed by atoms with Gasteiger partial charge in [-0.25, -0.2) is 13.4 Å². The van der Waals surface area contributed by atoms with Gasteiger partial charge in [-0.2, -0.15) is 10.2 Å². The first kappa shape index (κ1) is 32.5. The summed E-state index contributed by atoms with van der Waals surface area (Å²) in [6.45, 7) is 7.97. The molecule has 0 unspecified atom stereocenters. The highest BCUT2D eigenvalue weighted by Gasteiger charge is 2.22. The van der Waals surface area contributed by atoms with Gasteiger partial charge in [0.15, 0.2) is 15.6 Å². The topological polar surface area (TPSA) is 125 Å². The molecule has 0 saturated carbocycles. The van der Waals surface area contributed by atoms with Crippen molar-refractivity contribution in [3.05, 3.63) is 101 Å². The van der Waals surface area contributed by atoms with E-state index in [1.165, 1.54) is 19.3 Å². The van der Waals surface area contributed by atoms with Crippen LogP contribution < -0.4 is 10.1 Å². The molecule has 0 spiro atoms.